The Morgan fingerprint density at radius 1 is 1.25 bits per heavy atom. The first-order valence-corrected chi connectivity index (χ1v) is 4.50. The zero-order valence-electron chi connectivity index (χ0n) is 5.62. The first-order chi connectivity index (χ1) is 5.54. The molecule has 0 atom stereocenters. The van der Waals surface area contributed by atoms with Crippen molar-refractivity contribution in [2.24, 2.45) is 0 Å². The minimum absolute atomic E-state index is 0.0156. The summed E-state index contributed by atoms with van der Waals surface area (Å²) in [5.74, 6) is 0. The maximum atomic E-state index is 12.3. The van der Waals surface area contributed by atoms with Crippen molar-refractivity contribution in [3.63, 3.8) is 0 Å². The van der Waals surface area contributed by atoms with Crippen LogP contribution in [0.25, 0.3) is 0 Å². The molecular weight excluding hydrogens is 273 g/mol. The normalized spacial score (nSPS) is 10.8. The lowest BCUT2D eigenvalue weighted by molar-refractivity contribution is 0.151. The van der Waals surface area contributed by atoms with Crippen LogP contribution in [0.1, 0.15) is 12.0 Å². The summed E-state index contributed by atoms with van der Waals surface area (Å²) in [6.45, 7) is 0. The van der Waals surface area contributed by atoms with Crippen molar-refractivity contribution in [2.45, 2.75) is 6.43 Å². The molecule has 0 aliphatic heterocycles. The van der Waals surface area contributed by atoms with Gasteiger partial charge in [-0.1, -0.05) is 23.2 Å². The molecule has 0 radical (unpaired) electrons. The van der Waals surface area contributed by atoms with Crippen molar-refractivity contribution in [3.8, 4) is 0 Å². The zero-order valence-corrected chi connectivity index (χ0v) is 8.72. The maximum absolute atomic E-state index is 12.3. The van der Waals surface area contributed by atoms with Crippen molar-refractivity contribution in [1.29, 1.82) is 0 Å². The van der Waals surface area contributed by atoms with Crippen LogP contribution in [0, 0.1) is 0 Å². The Morgan fingerprint density at radius 2 is 1.83 bits per heavy atom. The highest BCUT2D eigenvalue weighted by Gasteiger charge is 2.17. The standard InChI is InChI=1S/C7H3BrCl2F2/c8-3-1-2-4(9)5(6(3)10)7(11)12/h1-2,7H. The van der Waals surface area contributed by atoms with Crippen molar-refractivity contribution < 1.29 is 8.78 Å². The molecular formula is C7H3BrCl2F2. The van der Waals surface area contributed by atoms with Gasteiger partial charge in [-0.25, -0.2) is 8.78 Å². The van der Waals surface area contributed by atoms with Gasteiger partial charge in [-0.2, -0.15) is 0 Å². The molecule has 0 N–H and O–H groups in total. The number of rotatable bonds is 1. The molecule has 12 heavy (non-hydrogen) atoms. The first kappa shape index (κ1) is 10.2. The van der Waals surface area contributed by atoms with E-state index in [-0.39, 0.29) is 15.6 Å². The summed E-state index contributed by atoms with van der Waals surface area (Å²) < 4.78 is 25.0. The Morgan fingerprint density at radius 3 is 2.25 bits per heavy atom. The van der Waals surface area contributed by atoms with Crippen molar-refractivity contribution in [2.75, 3.05) is 0 Å². The van der Waals surface area contributed by atoms with Gasteiger partial charge in [-0.15, -0.1) is 0 Å². The van der Waals surface area contributed by atoms with E-state index in [1.54, 1.807) is 0 Å². The number of halogens is 5. The predicted molar refractivity (Wildman–Crippen MR) is 49.1 cm³/mol. The van der Waals surface area contributed by atoms with Crippen LogP contribution in [0.15, 0.2) is 16.6 Å². The Hall–Kier alpha value is 0.140. The van der Waals surface area contributed by atoms with Crippen LogP contribution < -0.4 is 0 Å². The Balaban J connectivity index is 3.33. The summed E-state index contributed by atoms with van der Waals surface area (Å²) in [5, 5.41) is -0.0456. The van der Waals surface area contributed by atoms with E-state index in [2.05, 4.69) is 15.9 Å². The molecule has 5 heteroatoms. The van der Waals surface area contributed by atoms with Gasteiger partial charge in [0.1, 0.15) is 0 Å². The third-order valence-corrected chi connectivity index (χ3v) is 2.92. The highest BCUT2D eigenvalue weighted by atomic mass is 79.9. The second kappa shape index (κ2) is 3.90. The van der Waals surface area contributed by atoms with Crippen molar-refractivity contribution in [1.82, 2.24) is 0 Å². The fourth-order valence-corrected chi connectivity index (χ4v) is 1.62. The molecule has 1 aromatic rings. The van der Waals surface area contributed by atoms with Crippen LogP contribution in [0.2, 0.25) is 10.0 Å². The summed E-state index contributed by atoms with van der Waals surface area (Å²) >= 11 is 14.1. The van der Waals surface area contributed by atoms with E-state index in [1.165, 1.54) is 12.1 Å². The van der Waals surface area contributed by atoms with Gasteiger partial charge in [0.15, 0.2) is 0 Å². The molecule has 0 saturated carbocycles. The van der Waals surface area contributed by atoms with Crippen molar-refractivity contribution >= 4 is 39.1 Å². The molecule has 0 aromatic heterocycles. The molecule has 0 aliphatic rings. The lowest BCUT2D eigenvalue weighted by Gasteiger charge is -2.06. The second-order valence-electron chi connectivity index (χ2n) is 2.06. The van der Waals surface area contributed by atoms with Gasteiger partial charge in [0, 0.05) is 4.47 Å². The predicted octanol–water partition coefficient (Wildman–Crippen LogP) is 4.69. The van der Waals surface area contributed by atoms with Gasteiger partial charge < -0.3 is 0 Å². The number of alkyl halides is 2. The summed E-state index contributed by atoms with van der Waals surface area (Å²) in [4.78, 5) is 0. The Labute approximate surface area is 86.6 Å². The average Bonchev–Trinajstić information content (AvgIpc) is 1.97. The highest BCUT2D eigenvalue weighted by molar-refractivity contribution is 9.10. The lowest BCUT2D eigenvalue weighted by atomic mass is 10.2. The van der Waals surface area contributed by atoms with Gasteiger partial charge in [0.05, 0.1) is 15.6 Å². The molecule has 0 aliphatic carbocycles. The molecule has 66 valence electrons. The van der Waals surface area contributed by atoms with Crippen LogP contribution in [0.3, 0.4) is 0 Å². The lowest BCUT2D eigenvalue weighted by Crippen LogP contribution is -1.88. The summed E-state index contributed by atoms with van der Waals surface area (Å²) in [5.41, 5.74) is -0.326. The summed E-state index contributed by atoms with van der Waals surface area (Å²) in [7, 11) is 0. The second-order valence-corrected chi connectivity index (χ2v) is 3.70. The van der Waals surface area contributed by atoms with Gasteiger partial charge in [-0.05, 0) is 28.1 Å². The molecule has 0 heterocycles. The fourth-order valence-electron chi connectivity index (χ4n) is 0.743. The van der Waals surface area contributed by atoms with Crippen LogP contribution in [0.5, 0.6) is 0 Å². The van der Waals surface area contributed by atoms with E-state index in [0.717, 1.165) is 0 Å². The third-order valence-electron chi connectivity index (χ3n) is 1.30. The van der Waals surface area contributed by atoms with E-state index in [4.69, 9.17) is 23.2 Å². The van der Waals surface area contributed by atoms with Crippen LogP contribution in [-0.2, 0) is 0 Å². The highest BCUT2D eigenvalue weighted by Crippen LogP contribution is 2.37. The monoisotopic (exact) mass is 274 g/mol. The number of hydrogen-bond acceptors (Lipinski definition) is 0. The largest absolute Gasteiger partial charge is 0.266 e. The molecule has 0 spiro atoms. The van der Waals surface area contributed by atoms with Gasteiger partial charge in [0.2, 0.25) is 0 Å². The summed E-state index contributed by atoms with van der Waals surface area (Å²) in [6, 6.07) is 2.90. The SMILES string of the molecule is FC(F)c1c(Cl)ccc(Br)c1Cl. The minimum Gasteiger partial charge on any atom is -0.205 e. The van der Waals surface area contributed by atoms with Crippen LogP contribution >= 0.6 is 39.1 Å². The fraction of sp³-hybridized carbons (Fsp3) is 0.143. The molecule has 0 fully saturated rings. The molecule has 0 unspecified atom stereocenters. The molecule has 0 saturated heterocycles. The third kappa shape index (κ3) is 1.90. The van der Waals surface area contributed by atoms with E-state index < -0.39 is 6.43 Å². The average molecular weight is 276 g/mol. The number of hydrogen-bond donors (Lipinski definition) is 0. The van der Waals surface area contributed by atoms with E-state index in [1.807, 2.05) is 0 Å². The quantitative estimate of drug-likeness (QED) is 0.652. The maximum Gasteiger partial charge on any atom is 0.266 e. The van der Waals surface area contributed by atoms with Crippen LogP contribution in [0.4, 0.5) is 8.78 Å². The van der Waals surface area contributed by atoms with Gasteiger partial charge >= 0.3 is 0 Å². The van der Waals surface area contributed by atoms with E-state index in [9.17, 15) is 8.78 Å². The van der Waals surface area contributed by atoms with E-state index in [0.29, 0.717) is 4.47 Å². The topological polar surface area (TPSA) is 0 Å². The Kier molecular flexibility index (Phi) is 3.32. The van der Waals surface area contributed by atoms with E-state index >= 15 is 0 Å². The van der Waals surface area contributed by atoms with Gasteiger partial charge in [-0.3, -0.25) is 0 Å². The minimum atomic E-state index is -2.65. The first-order valence-electron chi connectivity index (χ1n) is 2.95. The van der Waals surface area contributed by atoms with Gasteiger partial charge in [0.25, 0.3) is 6.43 Å². The molecule has 0 bridgehead atoms. The zero-order chi connectivity index (χ0) is 9.30. The molecule has 1 rings (SSSR count). The molecule has 1 aromatic carbocycles. The molecule has 0 nitrogen and oxygen atoms in total. The number of benzene rings is 1. The van der Waals surface area contributed by atoms with Crippen LogP contribution in [-0.4, -0.2) is 0 Å². The Bertz CT molecular complexity index is 302. The summed E-state index contributed by atoms with van der Waals surface area (Å²) in [6.07, 6.45) is -2.65. The van der Waals surface area contributed by atoms with Crippen molar-refractivity contribution in [3.05, 3.63) is 32.2 Å². The molecule has 0 amide bonds. The smallest absolute Gasteiger partial charge is 0.205 e.